The molecule has 7 heteroatoms. The zero-order chi connectivity index (χ0) is 20.3. The first-order valence-corrected chi connectivity index (χ1v) is 12.2. The Balaban J connectivity index is 1.42. The monoisotopic (exact) mass is 433 g/mol. The number of hydrogen-bond acceptors (Lipinski definition) is 4. The number of halogens is 1. The molecule has 2 atom stereocenters. The van der Waals surface area contributed by atoms with E-state index in [0.717, 1.165) is 62.6 Å². The molecule has 5 nitrogen and oxygen atoms in total. The van der Waals surface area contributed by atoms with Gasteiger partial charge in [0.15, 0.2) is 0 Å². The molecule has 0 bridgehead atoms. The molecule has 0 aromatic heterocycles. The Kier molecular flexibility index (Phi) is 6.44. The number of anilines is 1. The summed E-state index contributed by atoms with van der Waals surface area (Å²) in [5.74, 6) is 0. The molecule has 0 amide bonds. The van der Waals surface area contributed by atoms with Crippen LogP contribution in [0.15, 0.2) is 59.5 Å². The summed E-state index contributed by atoms with van der Waals surface area (Å²) in [6, 6.07) is 16.9. The number of benzene rings is 2. The van der Waals surface area contributed by atoms with E-state index in [0.29, 0.717) is 4.90 Å². The van der Waals surface area contributed by atoms with Gasteiger partial charge in [0.05, 0.1) is 4.90 Å². The molecule has 0 radical (unpaired) electrons. The van der Waals surface area contributed by atoms with Gasteiger partial charge in [0, 0.05) is 49.0 Å². The van der Waals surface area contributed by atoms with Gasteiger partial charge in [-0.1, -0.05) is 48.7 Å². The van der Waals surface area contributed by atoms with Gasteiger partial charge in [-0.15, -0.1) is 0 Å². The SMILES string of the molecule is O=S(=O)(N[C@H]1CCCC[C@H]1N1CCN(c2cccc(Cl)c2)CC1)c1ccccc1. The summed E-state index contributed by atoms with van der Waals surface area (Å²) in [7, 11) is -3.49. The standard InChI is InChI=1S/C22H28ClN3O2S/c23-18-7-6-8-19(17-18)25-13-15-26(16-14-25)22-12-5-4-11-21(22)24-29(27,28)20-9-2-1-3-10-20/h1-3,6-10,17,21-22,24H,4-5,11-16H2/t21-,22+/m0/s1. The quantitative estimate of drug-likeness (QED) is 0.780. The predicted molar refractivity (Wildman–Crippen MR) is 118 cm³/mol. The zero-order valence-electron chi connectivity index (χ0n) is 16.5. The third kappa shape index (κ3) is 4.94. The fraction of sp³-hybridized carbons (Fsp3) is 0.455. The molecule has 1 N–H and O–H groups in total. The highest BCUT2D eigenvalue weighted by atomic mass is 35.5. The van der Waals surface area contributed by atoms with Crippen LogP contribution in [0.3, 0.4) is 0 Å². The topological polar surface area (TPSA) is 52.7 Å². The van der Waals surface area contributed by atoms with Crippen molar-refractivity contribution in [3.63, 3.8) is 0 Å². The van der Waals surface area contributed by atoms with Gasteiger partial charge in [0.2, 0.25) is 10.0 Å². The Morgan fingerprint density at radius 1 is 0.897 bits per heavy atom. The van der Waals surface area contributed by atoms with Crippen LogP contribution in [0.5, 0.6) is 0 Å². The van der Waals surface area contributed by atoms with Crippen LogP contribution in [0, 0.1) is 0 Å². The summed E-state index contributed by atoms with van der Waals surface area (Å²) in [5, 5.41) is 0.757. The van der Waals surface area contributed by atoms with E-state index in [9.17, 15) is 8.42 Å². The maximum atomic E-state index is 12.8. The van der Waals surface area contributed by atoms with Gasteiger partial charge >= 0.3 is 0 Å². The molecule has 1 aliphatic heterocycles. The fourth-order valence-electron chi connectivity index (χ4n) is 4.54. The predicted octanol–water partition coefficient (Wildman–Crippen LogP) is 3.75. The Labute approximate surface area is 178 Å². The number of piperazine rings is 1. The summed E-state index contributed by atoms with van der Waals surface area (Å²) in [4.78, 5) is 5.17. The summed E-state index contributed by atoms with van der Waals surface area (Å²) < 4.78 is 28.7. The minimum atomic E-state index is -3.49. The number of rotatable bonds is 5. The molecule has 4 rings (SSSR count). The average Bonchev–Trinajstić information content (AvgIpc) is 2.75. The summed E-state index contributed by atoms with van der Waals surface area (Å²) in [5.41, 5.74) is 1.15. The molecule has 1 saturated heterocycles. The van der Waals surface area contributed by atoms with Crippen molar-refractivity contribution in [2.75, 3.05) is 31.1 Å². The first kappa shape index (κ1) is 20.7. The van der Waals surface area contributed by atoms with Gasteiger partial charge in [0.25, 0.3) is 0 Å². The molecule has 1 aliphatic carbocycles. The van der Waals surface area contributed by atoms with Crippen LogP contribution in [-0.4, -0.2) is 51.6 Å². The fourth-order valence-corrected chi connectivity index (χ4v) is 6.05. The second kappa shape index (κ2) is 9.04. The third-order valence-electron chi connectivity index (χ3n) is 6.05. The lowest BCUT2D eigenvalue weighted by Gasteiger charge is -2.44. The van der Waals surface area contributed by atoms with E-state index in [1.807, 2.05) is 24.3 Å². The van der Waals surface area contributed by atoms with Crippen LogP contribution in [0.1, 0.15) is 25.7 Å². The van der Waals surface area contributed by atoms with Crippen molar-refractivity contribution in [3.05, 3.63) is 59.6 Å². The highest BCUT2D eigenvalue weighted by molar-refractivity contribution is 7.89. The largest absolute Gasteiger partial charge is 0.369 e. The Morgan fingerprint density at radius 3 is 2.34 bits per heavy atom. The Morgan fingerprint density at radius 2 is 1.62 bits per heavy atom. The lowest BCUT2D eigenvalue weighted by molar-refractivity contribution is 0.124. The summed E-state index contributed by atoms with van der Waals surface area (Å²) in [6.45, 7) is 3.71. The first-order valence-electron chi connectivity index (χ1n) is 10.3. The second-order valence-corrected chi connectivity index (χ2v) is 10.0. The van der Waals surface area contributed by atoms with Gasteiger partial charge < -0.3 is 4.90 Å². The molecular formula is C22H28ClN3O2S. The van der Waals surface area contributed by atoms with Gasteiger partial charge in [-0.2, -0.15) is 0 Å². The molecular weight excluding hydrogens is 406 g/mol. The second-order valence-electron chi connectivity index (χ2n) is 7.90. The average molecular weight is 434 g/mol. The number of nitrogens with zero attached hydrogens (tertiary/aromatic N) is 2. The van der Waals surface area contributed by atoms with Crippen molar-refractivity contribution >= 4 is 27.3 Å². The van der Waals surface area contributed by atoms with E-state index < -0.39 is 10.0 Å². The molecule has 1 saturated carbocycles. The van der Waals surface area contributed by atoms with Crippen LogP contribution in [0.4, 0.5) is 5.69 Å². The minimum absolute atomic E-state index is 0.0355. The normalized spacial score (nSPS) is 23.8. The van der Waals surface area contributed by atoms with Crippen molar-refractivity contribution in [2.45, 2.75) is 42.7 Å². The van der Waals surface area contributed by atoms with Crippen LogP contribution in [-0.2, 0) is 10.0 Å². The summed E-state index contributed by atoms with van der Waals surface area (Å²) in [6.07, 6.45) is 4.16. The molecule has 0 spiro atoms. The van der Waals surface area contributed by atoms with Crippen molar-refractivity contribution in [1.82, 2.24) is 9.62 Å². The molecule has 0 unspecified atom stereocenters. The molecule has 1 heterocycles. The van der Waals surface area contributed by atoms with Crippen LogP contribution in [0.2, 0.25) is 5.02 Å². The van der Waals surface area contributed by atoms with Gasteiger partial charge in [0.1, 0.15) is 0 Å². The number of hydrogen-bond donors (Lipinski definition) is 1. The zero-order valence-corrected chi connectivity index (χ0v) is 18.1. The maximum absolute atomic E-state index is 12.8. The lowest BCUT2D eigenvalue weighted by Crippen LogP contribution is -2.58. The van der Waals surface area contributed by atoms with Crippen molar-refractivity contribution < 1.29 is 8.42 Å². The number of sulfonamides is 1. The molecule has 29 heavy (non-hydrogen) atoms. The smallest absolute Gasteiger partial charge is 0.240 e. The van der Waals surface area contributed by atoms with Gasteiger partial charge in [-0.25, -0.2) is 13.1 Å². The van der Waals surface area contributed by atoms with E-state index in [4.69, 9.17) is 11.6 Å². The van der Waals surface area contributed by atoms with E-state index >= 15 is 0 Å². The van der Waals surface area contributed by atoms with Crippen LogP contribution >= 0.6 is 11.6 Å². The van der Waals surface area contributed by atoms with E-state index in [-0.39, 0.29) is 12.1 Å². The van der Waals surface area contributed by atoms with Crippen molar-refractivity contribution in [3.8, 4) is 0 Å². The highest BCUT2D eigenvalue weighted by Crippen LogP contribution is 2.27. The molecule has 2 aliphatic rings. The van der Waals surface area contributed by atoms with Gasteiger partial charge in [-0.3, -0.25) is 4.90 Å². The lowest BCUT2D eigenvalue weighted by atomic mass is 9.89. The third-order valence-corrected chi connectivity index (χ3v) is 7.79. The van der Waals surface area contributed by atoms with E-state index in [1.165, 1.54) is 0 Å². The van der Waals surface area contributed by atoms with Crippen molar-refractivity contribution in [2.24, 2.45) is 0 Å². The highest BCUT2D eigenvalue weighted by Gasteiger charge is 2.34. The molecule has 2 fully saturated rings. The molecule has 156 valence electrons. The van der Waals surface area contributed by atoms with E-state index in [1.54, 1.807) is 24.3 Å². The van der Waals surface area contributed by atoms with Gasteiger partial charge in [-0.05, 0) is 43.2 Å². The maximum Gasteiger partial charge on any atom is 0.240 e. The van der Waals surface area contributed by atoms with Crippen molar-refractivity contribution in [1.29, 1.82) is 0 Å². The minimum Gasteiger partial charge on any atom is -0.369 e. The van der Waals surface area contributed by atoms with E-state index in [2.05, 4.69) is 20.6 Å². The Bertz CT molecular complexity index is 915. The Hall–Kier alpha value is -1.60. The van der Waals surface area contributed by atoms with Crippen LogP contribution < -0.4 is 9.62 Å². The molecule has 2 aromatic rings. The van der Waals surface area contributed by atoms with Crippen LogP contribution in [0.25, 0.3) is 0 Å². The first-order chi connectivity index (χ1) is 14.0. The summed E-state index contributed by atoms with van der Waals surface area (Å²) >= 11 is 6.14. The number of nitrogens with one attached hydrogen (secondary N) is 1. The molecule has 2 aromatic carbocycles.